The summed E-state index contributed by atoms with van der Waals surface area (Å²) in [5.74, 6) is -0.995. The van der Waals surface area contributed by atoms with Gasteiger partial charge in [0.25, 0.3) is 11.6 Å². The monoisotopic (exact) mass is 388 g/mol. The van der Waals surface area contributed by atoms with Crippen molar-refractivity contribution in [1.82, 2.24) is 9.80 Å². The molecule has 9 heteroatoms. The Labute approximate surface area is 162 Å². The molecule has 3 rings (SSSR count). The van der Waals surface area contributed by atoms with E-state index in [-0.39, 0.29) is 17.3 Å². The van der Waals surface area contributed by atoms with Gasteiger partial charge in [-0.2, -0.15) is 0 Å². The second-order valence-electron chi connectivity index (χ2n) is 7.53. The molecule has 1 spiro atoms. The standard InChI is InChI=1S/C19H24N4O5/c1-12-7-8-14(23(27)28)16(13(12)2)20-15(24)11-22-17(25)19(21(3)18(22)26)9-5-4-6-10-19/h7-8H,4-6,9-11H2,1-3H3,(H,20,24). The van der Waals surface area contributed by atoms with E-state index in [0.717, 1.165) is 29.7 Å². The quantitative estimate of drug-likeness (QED) is 0.484. The summed E-state index contributed by atoms with van der Waals surface area (Å²) in [6.07, 6.45) is 3.92. The second kappa shape index (κ2) is 7.21. The highest BCUT2D eigenvalue weighted by Gasteiger charge is 2.55. The predicted octanol–water partition coefficient (Wildman–Crippen LogP) is 2.75. The van der Waals surface area contributed by atoms with Gasteiger partial charge in [0.2, 0.25) is 5.91 Å². The number of benzene rings is 1. The Balaban J connectivity index is 1.81. The Morgan fingerprint density at radius 1 is 1.21 bits per heavy atom. The summed E-state index contributed by atoms with van der Waals surface area (Å²) < 4.78 is 0. The molecule has 1 aromatic carbocycles. The van der Waals surface area contributed by atoms with E-state index in [1.165, 1.54) is 11.0 Å². The van der Waals surface area contributed by atoms with Gasteiger partial charge in [-0.05, 0) is 37.8 Å². The lowest BCUT2D eigenvalue weighted by molar-refractivity contribution is -0.384. The number of amides is 4. The molecule has 4 amide bonds. The van der Waals surface area contributed by atoms with Gasteiger partial charge < -0.3 is 10.2 Å². The lowest BCUT2D eigenvalue weighted by Gasteiger charge is -2.35. The molecule has 0 unspecified atom stereocenters. The van der Waals surface area contributed by atoms with Crippen molar-refractivity contribution < 1.29 is 19.3 Å². The molecule has 9 nitrogen and oxygen atoms in total. The topological polar surface area (TPSA) is 113 Å². The Kier molecular flexibility index (Phi) is 5.10. The summed E-state index contributed by atoms with van der Waals surface area (Å²) in [7, 11) is 1.60. The van der Waals surface area contributed by atoms with Gasteiger partial charge in [-0.25, -0.2) is 4.79 Å². The Morgan fingerprint density at radius 2 is 1.86 bits per heavy atom. The smallest absolute Gasteiger partial charge is 0.319 e. The molecule has 0 bridgehead atoms. The lowest BCUT2D eigenvalue weighted by Crippen LogP contribution is -2.49. The third-order valence-corrected chi connectivity index (χ3v) is 5.96. The maximum atomic E-state index is 13.0. The second-order valence-corrected chi connectivity index (χ2v) is 7.53. The van der Waals surface area contributed by atoms with Crippen molar-refractivity contribution in [2.75, 3.05) is 18.9 Å². The van der Waals surface area contributed by atoms with Gasteiger partial charge in [0, 0.05) is 13.1 Å². The third-order valence-electron chi connectivity index (χ3n) is 5.96. The molecule has 1 aliphatic heterocycles. The van der Waals surface area contributed by atoms with Crippen molar-refractivity contribution in [3.63, 3.8) is 0 Å². The molecule has 2 fully saturated rings. The number of imide groups is 1. The zero-order chi connectivity index (χ0) is 20.6. The van der Waals surface area contributed by atoms with E-state index in [4.69, 9.17) is 0 Å². The van der Waals surface area contributed by atoms with Gasteiger partial charge in [-0.15, -0.1) is 0 Å². The van der Waals surface area contributed by atoms with Gasteiger partial charge in [-0.1, -0.05) is 25.3 Å². The van der Waals surface area contributed by atoms with Crippen LogP contribution in [0.15, 0.2) is 12.1 Å². The van der Waals surface area contributed by atoms with Crippen molar-refractivity contribution in [2.24, 2.45) is 0 Å². The van der Waals surface area contributed by atoms with E-state index < -0.39 is 28.9 Å². The molecule has 2 aliphatic rings. The molecular formula is C19H24N4O5. The Bertz CT molecular complexity index is 860. The number of nitro benzene ring substituents is 1. The largest absolute Gasteiger partial charge is 0.327 e. The van der Waals surface area contributed by atoms with Crippen LogP contribution in [0.2, 0.25) is 0 Å². The molecule has 1 aromatic rings. The molecule has 1 aliphatic carbocycles. The fourth-order valence-corrected chi connectivity index (χ4v) is 4.11. The summed E-state index contributed by atoms with van der Waals surface area (Å²) in [5.41, 5.74) is 0.366. The van der Waals surface area contributed by atoms with Crippen LogP contribution in [-0.2, 0) is 9.59 Å². The minimum atomic E-state index is -0.860. The molecule has 0 aromatic heterocycles. The number of carbonyl (C=O) groups excluding carboxylic acids is 3. The highest BCUT2D eigenvalue weighted by Crippen LogP contribution is 2.39. The summed E-state index contributed by atoms with van der Waals surface area (Å²) in [6.45, 7) is 2.99. The lowest BCUT2D eigenvalue weighted by atomic mass is 9.81. The van der Waals surface area contributed by atoms with Crippen LogP contribution in [0.4, 0.5) is 16.2 Å². The van der Waals surface area contributed by atoms with E-state index in [0.29, 0.717) is 18.4 Å². The number of urea groups is 1. The normalized spacial score (nSPS) is 18.7. The fraction of sp³-hybridized carbons (Fsp3) is 0.526. The molecule has 150 valence electrons. The number of aryl methyl sites for hydroxylation is 1. The number of anilines is 1. The van der Waals surface area contributed by atoms with Gasteiger partial charge in [0.1, 0.15) is 17.8 Å². The van der Waals surface area contributed by atoms with Gasteiger partial charge >= 0.3 is 6.03 Å². The molecule has 1 saturated carbocycles. The molecule has 1 heterocycles. The van der Waals surface area contributed by atoms with Gasteiger partial charge in [0.15, 0.2) is 0 Å². The highest BCUT2D eigenvalue weighted by molar-refractivity contribution is 6.10. The van der Waals surface area contributed by atoms with Crippen LogP contribution < -0.4 is 5.32 Å². The average molecular weight is 388 g/mol. The average Bonchev–Trinajstić information content (AvgIpc) is 2.82. The van der Waals surface area contributed by atoms with Crippen molar-refractivity contribution in [3.05, 3.63) is 33.4 Å². The first kappa shape index (κ1) is 19.8. The van der Waals surface area contributed by atoms with E-state index in [1.807, 2.05) is 0 Å². The van der Waals surface area contributed by atoms with Crippen LogP contribution in [0.1, 0.15) is 43.2 Å². The summed E-state index contributed by atoms with van der Waals surface area (Å²) in [5, 5.41) is 13.8. The minimum absolute atomic E-state index is 0.0924. The number of nitro groups is 1. The molecular weight excluding hydrogens is 364 g/mol. The van der Waals surface area contributed by atoms with Crippen LogP contribution in [0.3, 0.4) is 0 Å². The molecule has 28 heavy (non-hydrogen) atoms. The van der Waals surface area contributed by atoms with Crippen LogP contribution in [0.25, 0.3) is 0 Å². The number of nitrogens with one attached hydrogen (secondary N) is 1. The van der Waals surface area contributed by atoms with Crippen LogP contribution in [0, 0.1) is 24.0 Å². The van der Waals surface area contributed by atoms with Crippen LogP contribution >= 0.6 is 0 Å². The van der Waals surface area contributed by atoms with E-state index in [9.17, 15) is 24.5 Å². The fourth-order valence-electron chi connectivity index (χ4n) is 4.11. The summed E-state index contributed by atoms with van der Waals surface area (Å²) in [4.78, 5) is 51.3. The zero-order valence-corrected chi connectivity index (χ0v) is 16.3. The van der Waals surface area contributed by atoms with Crippen molar-refractivity contribution in [2.45, 2.75) is 51.5 Å². The number of likely N-dealkylation sites (N-methyl/N-ethyl adjacent to an activating group) is 1. The summed E-state index contributed by atoms with van der Waals surface area (Å²) >= 11 is 0. The maximum absolute atomic E-state index is 13.0. The summed E-state index contributed by atoms with van der Waals surface area (Å²) in [6, 6.07) is 2.44. The number of carbonyl (C=O) groups is 3. The number of nitrogens with zero attached hydrogens (tertiary/aromatic N) is 3. The number of rotatable bonds is 4. The first-order chi connectivity index (χ1) is 13.2. The first-order valence-corrected chi connectivity index (χ1v) is 9.33. The van der Waals surface area contributed by atoms with E-state index in [1.54, 1.807) is 27.0 Å². The molecule has 0 atom stereocenters. The van der Waals surface area contributed by atoms with Crippen molar-refractivity contribution in [1.29, 1.82) is 0 Å². The van der Waals surface area contributed by atoms with E-state index in [2.05, 4.69) is 5.32 Å². The SMILES string of the molecule is Cc1ccc([N+](=O)[O-])c(NC(=O)CN2C(=O)N(C)C3(CCCCC3)C2=O)c1C. The Morgan fingerprint density at radius 3 is 2.46 bits per heavy atom. The van der Waals surface area contributed by atoms with Crippen LogP contribution in [0.5, 0.6) is 0 Å². The van der Waals surface area contributed by atoms with E-state index >= 15 is 0 Å². The predicted molar refractivity (Wildman–Crippen MR) is 102 cm³/mol. The first-order valence-electron chi connectivity index (χ1n) is 9.33. The third kappa shape index (κ3) is 3.10. The number of hydrogen-bond acceptors (Lipinski definition) is 5. The van der Waals surface area contributed by atoms with Crippen molar-refractivity contribution in [3.8, 4) is 0 Å². The molecule has 0 radical (unpaired) electrons. The van der Waals surface area contributed by atoms with Crippen molar-refractivity contribution >= 4 is 29.2 Å². The molecule has 1 N–H and O–H groups in total. The number of hydrogen-bond donors (Lipinski definition) is 1. The zero-order valence-electron chi connectivity index (χ0n) is 16.3. The van der Waals surface area contributed by atoms with Gasteiger partial charge in [-0.3, -0.25) is 24.6 Å². The maximum Gasteiger partial charge on any atom is 0.327 e. The highest BCUT2D eigenvalue weighted by atomic mass is 16.6. The molecule has 1 saturated heterocycles. The Hall–Kier alpha value is -2.97. The van der Waals surface area contributed by atoms with Gasteiger partial charge in [0.05, 0.1) is 4.92 Å². The minimum Gasteiger partial charge on any atom is -0.319 e. The van der Waals surface area contributed by atoms with Crippen LogP contribution in [-0.4, -0.2) is 51.7 Å².